The Morgan fingerprint density at radius 2 is 1.85 bits per heavy atom. The number of fused-ring (bicyclic) bond motifs is 1. The van der Waals surface area contributed by atoms with E-state index in [9.17, 15) is 14.7 Å². The maximum atomic E-state index is 13.1. The molecule has 2 aliphatic rings. The van der Waals surface area contributed by atoms with Gasteiger partial charge in [-0.25, -0.2) is 0 Å². The van der Waals surface area contributed by atoms with Gasteiger partial charge in [-0.05, 0) is 50.0 Å². The van der Waals surface area contributed by atoms with Gasteiger partial charge in [-0.2, -0.15) is 0 Å². The maximum Gasteiger partial charge on any atom is 0.295 e. The summed E-state index contributed by atoms with van der Waals surface area (Å²) >= 11 is 0. The van der Waals surface area contributed by atoms with Crippen molar-refractivity contribution < 1.29 is 28.9 Å². The lowest BCUT2D eigenvalue weighted by molar-refractivity contribution is -0.140. The lowest BCUT2D eigenvalue weighted by Crippen LogP contribution is -2.35. The highest BCUT2D eigenvalue weighted by atomic mass is 16.6. The molecule has 178 valence electrons. The molecule has 1 saturated heterocycles. The third kappa shape index (κ3) is 4.63. The third-order valence-electron chi connectivity index (χ3n) is 5.71. The first-order chi connectivity index (χ1) is 16.4. The number of rotatable bonds is 8. The summed E-state index contributed by atoms with van der Waals surface area (Å²) in [6, 6.07) is 11.4. The Kier molecular flexibility index (Phi) is 6.88. The summed E-state index contributed by atoms with van der Waals surface area (Å²) in [5, 5.41) is 11.2. The van der Waals surface area contributed by atoms with Crippen LogP contribution in [0.4, 0.5) is 0 Å². The van der Waals surface area contributed by atoms with Crippen LogP contribution in [0.2, 0.25) is 0 Å². The molecule has 1 fully saturated rings. The van der Waals surface area contributed by atoms with Crippen molar-refractivity contribution in [2.24, 2.45) is 0 Å². The molecule has 0 unspecified atom stereocenters. The molecule has 1 amide bonds. The smallest absolute Gasteiger partial charge is 0.295 e. The molecule has 0 aromatic heterocycles. The number of Topliss-reactive ketones (excluding diaryl/α,β-unsaturated/α-hetero) is 1. The van der Waals surface area contributed by atoms with E-state index in [1.807, 2.05) is 19.0 Å². The van der Waals surface area contributed by atoms with Crippen LogP contribution in [0.15, 0.2) is 60.7 Å². The molecule has 1 N–H and O–H groups in total. The standard InChI is InChI=1S/C26H28N2O6/c1-4-13-32-19-8-5-17(6-9-19)23-22(25(30)26(31)28(23)12-11-27(2)3)24(29)18-7-10-20-21(16-18)34-15-14-33-20/h4-10,16,23,29H,1,11-15H2,2-3H3/b24-22+/t23-/m1/s1. The zero-order chi connectivity index (χ0) is 24.2. The summed E-state index contributed by atoms with van der Waals surface area (Å²) in [5.74, 6) is 0.0831. The number of carbonyl (C=O) groups is 2. The highest BCUT2D eigenvalue weighted by Gasteiger charge is 2.46. The minimum atomic E-state index is -0.735. The van der Waals surface area contributed by atoms with E-state index in [2.05, 4.69) is 6.58 Å². The van der Waals surface area contributed by atoms with E-state index in [0.717, 1.165) is 0 Å². The molecule has 8 nitrogen and oxygen atoms in total. The van der Waals surface area contributed by atoms with Crippen molar-refractivity contribution >= 4 is 17.4 Å². The van der Waals surface area contributed by atoms with Gasteiger partial charge < -0.3 is 29.1 Å². The van der Waals surface area contributed by atoms with Crippen LogP contribution in [0.3, 0.4) is 0 Å². The van der Waals surface area contributed by atoms with Gasteiger partial charge in [-0.3, -0.25) is 9.59 Å². The molecule has 2 aromatic rings. The Morgan fingerprint density at radius 3 is 2.53 bits per heavy atom. The molecule has 34 heavy (non-hydrogen) atoms. The number of benzene rings is 2. The van der Waals surface area contributed by atoms with Crippen molar-refractivity contribution in [3.63, 3.8) is 0 Å². The van der Waals surface area contributed by atoms with Gasteiger partial charge in [0.25, 0.3) is 11.7 Å². The summed E-state index contributed by atoms with van der Waals surface area (Å²) in [5.41, 5.74) is 1.12. The van der Waals surface area contributed by atoms with Crippen molar-refractivity contribution in [2.45, 2.75) is 6.04 Å². The number of ketones is 1. The van der Waals surface area contributed by atoms with E-state index in [4.69, 9.17) is 14.2 Å². The Balaban J connectivity index is 1.77. The lowest BCUT2D eigenvalue weighted by Gasteiger charge is -2.26. The highest BCUT2D eigenvalue weighted by molar-refractivity contribution is 6.46. The van der Waals surface area contributed by atoms with E-state index in [-0.39, 0.29) is 11.3 Å². The molecule has 1 atom stereocenters. The molecular weight excluding hydrogens is 436 g/mol. The summed E-state index contributed by atoms with van der Waals surface area (Å²) in [6.07, 6.45) is 1.65. The van der Waals surface area contributed by atoms with Crippen LogP contribution < -0.4 is 14.2 Å². The number of nitrogens with zero attached hydrogens (tertiary/aromatic N) is 2. The van der Waals surface area contributed by atoms with Gasteiger partial charge in [0.15, 0.2) is 11.5 Å². The quantitative estimate of drug-likeness (QED) is 0.278. The van der Waals surface area contributed by atoms with Gasteiger partial charge in [0, 0.05) is 18.7 Å². The Hall–Kier alpha value is -3.78. The number of aliphatic hydroxyl groups excluding tert-OH is 1. The molecule has 2 aliphatic heterocycles. The van der Waals surface area contributed by atoms with Crippen molar-refractivity contribution in [1.29, 1.82) is 0 Å². The molecule has 8 heteroatoms. The van der Waals surface area contributed by atoms with E-state index in [1.165, 1.54) is 4.90 Å². The van der Waals surface area contributed by atoms with Crippen LogP contribution in [0, 0.1) is 0 Å². The van der Waals surface area contributed by atoms with Gasteiger partial charge in [0.05, 0.1) is 11.6 Å². The molecule has 4 rings (SSSR count). The first-order valence-electron chi connectivity index (χ1n) is 11.1. The average molecular weight is 465 g/mol. The molecule has 2 aromatic carbocycles. The molecule has 0 radical (unpaired) electrons. The van der Waals surface area contributed by atoms with Gasteiger partial charge in [-0.15, -0.1) is 0 Å². The number of likely N-dealkylation sites (N-methyl/N-ethyl adjacent to an activating group) is 1. The van der Waals surface area contributed by atoms with Gasteiger partial charge in [0.2, 0.25) is 0 Å². The van der Waals surface area contributed by atoms with Crippen LogP contribution in [-0.4, -0.2) is 73.6 Å². The second-order valence-corrected chi connectivity index (χ2v) is 8.32. The summed E-state index contributed by atoms with van der Waals surface area (Å²) in [4.78, 5) is 29.6. The van der Waals surface area contributed by atoms with Crippen molar-refractivity contribution in [2.75, 3.05) is 47.0 Å². The second-order valence-electron chi connectivity index (χ2n) is 8.32. The van der Waals surface area contributed by atoms with E-state index in [1.54, 1.807) is 48.5 Å². The summed E-state index contributed by atoms with van der Waals surface area (Å²) in [7, 11) is 3.79. The predicted molar refractivity (Wildman–Crippen MR) is 127 cm³/mol. The Morgan fingerprint density at radius 1 is 1.15 bits per heavy atom. The van der Waals surface area contributed by atoms with Crippen LogP contribution in [0.5, 0.6) is 17.2 Å². The van der Waals surface area contributed by atoms with Crippen molar-refractivity contribution in [3.05, 3.63) is 71.8 Å². The van der Waals surface area contributed by atoms with Gasteiger partial charge in [-0.1, -0.05) is 24.8 Å². The number of ether oxygens (including phenoxy) is 3. The number of hydrogen-bond acceptors (Lipinski definition) is 7. The minimum absolute atomic E-state index is 0.0418. The Bertz CT molecular complexity index is 1120. The maximum absolute atomic E-state index is 13.1. The van der Waals surface area contributed by atoms with Gasteiger partial charge >= 0.3 is 0 Å². The van der Waals surface area contributed by atoms with E-state index < -0.39 is 17.7 Å². The first-order valence-corrected chi connectivity index (χ1v) is 11.1. The third-order valence-corrected chi connectivity index (χ3v) is 5.71. The van der Waals surface area contributed by atoms with Crippen molar-refractivity contribution in [1.82, 2.24) is 9.80 Å². The molecular formula is C26H28N2O6. The van der Waals surface area contributed by atoms with Crippen LogP contribution in [0.25, 0.3) is 5.76 Å². The normalized spacial score (nSPS) is 18.9. The Labute approximate surface area is 198 Å². The van der Waals surface area contributed by atoms with Crippen LogP contribution in [0.1, 0.15) is 17.2 Å². The summed E-state index contributed by atoms with van der Waals surface area (Å²) in [6.45, 7) is 5.74. The fraction of sp³-hybridized carbons (Fsp3) is 0.308. The molecule has 0 aliphatic carbocycles. The highest BCUT2D eigenvalue weighted by Crippen LogP contribution is 2.41. The zero-order valence-corrected chi connectivity index (χ0v) is 19.3. The van der Waals surface area contributed by atoms with Gasteiger partial charge in [0.1, 0.15) is 31.3 Å². The fourth-order valence-electron chi connectivity index (χ4n) is 4.01. The number of hydrogen-bond donors (Lipinski definition) is 1. The monoisotopic (exact) mass is 464 g/mol. The SMILES string of the molecule is C=CCOc1ccc([C@@H]2/C(=C(\O)c3ccc4c(c3)OCCO4)C(=O)C(=O)N2CCN(C)C)cc1. The van der Waals surface area contributed by atoms with Crippen molar-refractivity contribution in [3.8, 4) is 17.2 Å². The topological polar surface area (TPSA) is 88.5 Å². The zero-order valence-electron chi connectivity index (χ0n) is 19.3. The fourth-order valence-corrected chi connectivity index (χ4v) is 4.01. The number of aliphatic hydroxyl groups is 1. The predicted octanol–water partition coefficient (Wildman–Crippen LogP) is 3.01. The molecule has 0 spiro atoms. The average Bonchev–Trinajstić information content (AvgIpc) is 3.10. The van der Waals surface area contributed by atoms with Crippen LogP contribution in [-0.2, 0) is 9.59 Å². The first kappa shape index (κ1) is 23.4. The molecule has 0 bridgehead atoms. The number of amides is 1. The number of likely N-dealkylation sites (tertiary alicyclic amines) is 1. The lowest BCUT2D eigenvalue weighted by atomic mass is 9.95. The van der Waals surface area contributed by atoms with Crippen LogP contribution >= 0.6 is 0 Å². The van der Waals surface area contributed by atoms with E-state index in [0.29, 0.717) is 61.3 Å². The second kappa shape index (κ2) is 10.0. The number of carbonyl (C=O) groups excluding carboxylic acids is 2. The van der Waals surface area contributed by atoms with E-state index >= 15 is 0 Å². The minimum Gasteiger partial charge on any atom is -0.507 e. The molecule has 0 saturated carbocycles. The largest absolute Gasteiger partial charge is 0.507 e. The molecule has 2 heterocycles. The summed E-state index contributed by atoms with van der Waals surface area (Å²) < 4.78 is 16.7.